The zero-order chi connectivity index (χ0) is 18.4. The van der Waals surface area contributed by atoms with Crippen LogP contribution < -0.4 is 5.43 Å². The fourth-order valence-corrected chi connectivity index (χ4v) is 4.35. The topological polar surface area (TPSA) is 41.6 Å². The summed E-state index contributed by atoms with van der Waals surface area (Å²) >= 11 is 12.4. The number of halogens is 2. The number of carbonyl (C=O) groups is 1. The van der Waals surface area contributed by atoms with E-state index in [1.54, 1.807) is 5.01 Å². The second kappa shape index (κ2) is 9.63. The summed E-state index contributed by atoms with van der Waals surface area (Å²) in [4.78, 5) is 12.2. The maximum Gasteiger partial charge on any atom is 0.424 e. The smallest absolute Gasteiger partial charge is 0.424 e. The molecule has 26 heavy (non-hydrogen) atoms. The molecular formula is C20H26Cl2N2O2. The number of hydrazine groups is 1. The molecule has 0 spiro atoms. The highest BCUT2D eigenvalue weighted by Crippen LogP contribution is 2.31. The third kappa shape index (κ3) is 4.93. The Morgan fingerprint density at radius 1 is 1.15 bits per heavy atom. The van der Waals surface area contributed by atoms with Crippen LogP contribution >= 0.6 is 23.2 Å². The molecule has 142 valence electrons. The Labute approximate surface area is 165 Å². The minimum atomic E-state index is -0.321. The Balaban J connectivity index is 1.61. The van der Waals surface area contributed by atoms with Gasteiger partial charge in [0.1, 0.15) is 6.61 Å². The summed E-state index contributed by atoms with van der Waals surface area (Å²) in [5, 5.41) is 1.63. The van der Waals surface area contributed by atoms with Crippen LogP contribution in [-0.2, 0) is 11.2 Å². The fourth-order valence-electron chi connectivity index (χ4n) is 3.77. The average molecular weight is 397 g/mol. The lowest BCUT2D eigenvalue weighted by atomic mass is 9.80. The largest absolute Gasteiger partial charge is 0.446 e. The van der Waals surface area contributed by atoms with E-state index >= 15 is 0 Å². The van der Waals surface area contributed by atoms with Crippen molar-refractivity contribution in [3.63, 3.8) is 0 Å². The van der Waals surface area contributed by atoms with Crippen molar-refractivity contribution in [3.8, 4) is 0 Å². The number of cyclic esters (lactones) is 1. The van der Waals surface area contributed by atoms with Crippen molar-refractivity contribution in [1.29, 1.82) is 0 Å². The molecular weight excluding hydrogens is 371 g/mol. The molecule has 6 heteroatoms. The summed E-state index contributed by atoms with van der Waals surface area (Å²) < 4.78 is 5.28. The van der Waals surface area contributed by atoms with Crippen LogP contribution in [0.1, 0.15) is 24.8 Å². The van der Waals surface area contributed by atoms with Gasteiger partial charge >= 0.3 is 6.09 Å². The second-order valence-corrected chi connectivity index (χ2v) is 7.74. The molecule has 4 nitrogen and oxygen atoms in total. The Kier molecular flexibility index (Phi) is 7.23. The fraction of sp³-hybridized carbons (Fsp3) is 0.550. The van der Waals surface area contributed by atoms with Crippen molar-refractivity contribution in [2.45, 2.75) is 37.8 Å². The van der Waals surface area contributed by atoms with Gasteiger partial charge < -0.3 is 4.74 Å². The van der Waals surface area contributed by atoms with Gasteiger partial charge in [-0.05, 0) is 43.1 Å². The molecule has 0 saturated carbocycles. The van der Waals surface area contributed by atoms with Crippen molar-refractivity contribution >= 4 is 29.3 Å². The SMILES string of the molecule is O=C1OC[C@@H](Cc2ccccc2)N1N[C@H](CCl)C[C@H]1CC=CC[C@@H]1CCl. The van der Waals surface area contributed by atoms with Crippen LogP contribution in [0.5, 0.6) is 0 Å². The number of ether oxygens (including phenoxy) is 1. The van der Waals surface area contributed by atoms with Gasteiger partial charge in [0.2, 0.25) is 0 Å². The van der Waals surface area contributed by atoms with E-state index < -0.39 is 0 Å². The number of nitrogens with one attached hydrogen (secondary N) is 1. The van der Waals surface area contributed by atoms with Gasteiger partial charge in [-0.15, -0.1) is 23.2 Å². The van der Waals surface area contributed by atoms with Gasteiger partial charge in [-0.1, -0.05) is 42.5 Å². The molecule has 4 atom stereocenters. The summed E-state index contributed by atoms with van der Waals surface area (Å²) in [6, 6.07) is 10.1. The first-order valence-corrected chi connectivity index (χ1v) is 10.3. The third-order valence-electron chi connectivity index (χ3n) is 5.28. The molecule has 0 unspecified atom stereocenters. The van der Waals surface area contributed by atoms with Gasteiger partial charge in [0, 0.05) is 17.8 Å². The number of carbonyl (C=O) groups excluding carboxylic acids is 1. The first kappa shape index (κ1) is 19.5. The predicted molar refractivity (Wildman–Crippen MR) is 105 cm³/mol. The number of hydrogen-bond acceptors (Lipinski definition) is 3. The van der Waals surface area contributed by atoms with Crippen LogP contribution in [0.3, 0.4) is 0 Å². The highest BCUT2D eigenvalue weighted by Gasteiger charge is 2.35. The molecule has 1 fully saturated rings. The van der Waals surface area contributed by atoms with Gasteiger partial charge in [-0.2, -0.15) is 0 Å². The highest BCUT2D eigenvalue weighted by atomic mass is 35.5. The first-order chi connectivity index (χ1) is 12.7. The molecule has 0 radical (unpaired) electrons. The summed E-state index contributed by atoms with van der Waals surface area (Å²) in [7, 11) is 0. The molecule has 1 aliphatic heterocycles. The van der Waals surface area contributed by atoms with Crippen molar-refractivity contribution in [2.75, 3.05) is 18.4 Å². The van der Waals surface area contributed by atoms with E-state index in [9.17, 15) is 4.79 Å². The molecule has 1 heterocycles. The normalized spacial score (nSPS) is 26.8. The molecule has 2 aliphatic rings. The Morgan fingerprint density at radius 3 is 2.58 bits per heavy atom. The number of allylic oxidation sites excluding steroid dienone is 2. The Hall–Kier alpha value is -1.23. The summed E-state index contributed by atoms with van der Waals surface area (Å²) in [5.74, 6) is 2.06. The van der Waals surface area contributed by atoms with E-state index in [4.69, 9.17) is 27.9 Å². The lowest BCUT2D eigenvalue weighted by Crippen LogP contribution is -2.51. The minimum absolute atomic E-state index is 0.0165. The van der Waals surface area contributed by atoms with Crippen molar-refractivity contribution < 1.29 is 9.53 Å². The second-order valence-electron chi connectivity index (χ2n) is 7.12. The summed E-state index contributed by atoms with van der Waals surface area (Å²) in [5.41, 5.74) is 4.52. The van der Waals surface area contributed by atoms with Crippen LogP contribution in [0.15, 0.2) is 42.5 Å². The molecule has 1 aromatic rings. The van der Waals surface area contributed by atoms with Crippen LogP contribution in [0.25, 0.3) is 0 Å². The number of alkyl halides is 2. The van der Waals surface area contributed by atoms with Gasteiger partial charge in [-0.25, -0.2) is 15.2 Å². The van der Waals surface area contributed by atoms with Gasteiger partial charge in [0.25, 0.3) is 0 Å². The van der Waals surface area contributed by atoms with E-state index in [1.807, 2.05) is 18.2 Å². The molecule has 1 saturated heterocycles. The molecule has 0 bridgehead atoms. The Morgan fingerprint density at radius 2 is 1.88 bits per heavy atom. The van der Waals surface area contributed by atoms with Crippen molar-refractivity contribution in [3.05, 3.63) is 48.0 Å². The van der Waals surface area contributed by atoms with Crippen LogP contribution in [0.2, 0.25) is 0 Å². The first-order valence-electron chi connectivity index (χ1n) is 9.24. The van der Waals surface area contributed by atoms with E-state index in [0.717, 1.165) is 25.7 Å². The Bertz CT molecular complexity index is 611. The molecule has 1 aromatic carbocycles. The minimum Gasteiger partial charge on any atom is -0.446 e. The van der Waals surface area contributed by atoms with Crippen molar-refractivity contribution in [2.24, 2.45) is 11.8 Å². The zero-order valence-electron chi connectivity index (χ0n) is 14.8. The van der Waals surface area contributed by atoms with Gasteiger partial charge in [0.05, 0.1) is 6.04 Å². The number of benzene rings is 1. The predicted octanol–water partition coefficient (Wildman–Crippen LogP) is 4.37. The number of amides is 1. The number of rotatable bonds is 8. The van der Waals surface area contributed by atoms with E-state index in [-0.39, 0.29) is 18.2 Å². The molecule has 0 aromatic heterocycles. The highest BCUT2D eigenvalue weighted by molar-refractivity contribution is 6.18. The lowest BCUT2D eigenvalue weighted by molar-refractivity contribution is 0.126. The lowest BCUT2D eigenvalue weighted by Gasteiger charge is -2.33. The summed E-state index contributed by atoms with van der Waals surface area (Å²) in [6.45, 7) is 0.395. The quantitative estimate of drug-likeness (QED) is 0.523. The third-order valence-corrected chi connectivity index (χ3v) is 6.05. The molecule has 1 amide bonds. The molecule has 1 N–H and O–H groups in total. The molecule has 1 aliphatic carbocycles. The van der Waals surface area contributed by atoms with Crippen molar-refractivity contribution in [1.82, 2.24) is 10.4 Å². The number of nitrogens with zero attached hydrogens (tertiary/aromatic N) is 1. The van der Waals surface area contributed by atoms with E-state index in [0.29, 0.717) is 30.2 Å². The van der Waals surface area contributed by atoms with Crippen LogP contribution in [-0.4, -0.2) is 41.6 Å². The maximum atomic E-state index is 12.2. The molecule has 3 rings (SSSR count). The van der Waals surface area contributed by atoms with Gasteiger partial charge in [0.15, 0.2) is 0 Å². The maximum absolute atomic E-state index is 12.2. The monoisotopic (exact) mass is 396 g/mol. The van der Waals surface area contributed by atoms with E-state index in [2.05, 4.69) is 29.7 Å². The average Bonchev–Trinajstić information content (AvgIpc) is 3.02. The van der Waals surface area contributed by atoms with Gasteiger partial charge in [-0.3, -0.25) is 0 Å². The standard InChI is InChI=1S/C20H26Cl2N2O2/c21-12-17-9-5-4-8-16(17)11-18(13-22)23-24-19(14-26-20(24)25)10-15-6-2-1-3-7-15/h1-7,16-19,23H,8-14H2/t16-,17-,18+,19-/m1/s1. The van der Waals surface area contributed by atoms with Crippen LogP contribution in [0, 0.1) is 11.8 Å². The summed E-state index contributed by atoms with van der Waals surface area (Å²) in [6.07, 6.45) is 7.80. The number of hydrogen-bond donors (Lipinski definition) is 1. The van der Waals surface area contributed by atoms with E-state index in [1.165, 1.54) is 5.56 Å². The van der Waals surface area contributed by atoms with Crippen LogP contribution in [0.4, 0.5) is 4.79 Å². The zero-order valence-corrected chi connectivity index (χ0v) is 16.3.